The molecule has 3 aliphatic rings. The maximum absolute atomic E-state index is 14.5. The third-order valence-electron chi connectivity index (χ3n) is 7.31. The Kier molecular flexibility index (Phi) is 8.85. The van der Waals surface area contributed by atoms with Gasteiger partial charge in [0.05, 0.1) is 38.5 Å². The predicted octanol–water partition coefficient (Wildman–Crippen LogP) is 3.73. The van der Waals surface area contributed by atoms with Gasteiger partial charge in [-0.15, -0.1) is 0 Å². The second-order valence-electron chi connectivity index (χ2n) is 9.97. The Labute approximate surface area is 212 Å². The molecule has 1 spiro atoms. The molecule has 3 fully saturated rings. The topological polar surface area (TPSA) is 89.1 Å². The summed E-state index contributed by atoms with van der Waals surface area (Å²) in [6, 6.07) is 11.4. The third kappa shape index (κ3) is 6.52. The zero-order valence-electron chi connectivity index (χ0n) is 21.1. The molecule has 1 unspecified atom stereocenters. The first-order valence-electron chi connectivity index (χ1n) is 12.9. The fourth-order valence-electron chi connectivity index (χ4n) is 5.30. The van der Waals surface area contributed by atoms with Crippen molar-refractivity contribution in [1.29, 1.82) is 0 Å². The number of carbonyl (C=O) groups is 1. The summed E-state index contributed by atoms with van der Waals surface area (Å²) in [5, 5.41) is 5.96. The van der Waals surface area contributed by atoms with Crippen molar-refractivity contribution in [2.45, 2.75) is 68.8 Å². The number of hydrogen-bond donors (Lipinski definition) is 2. The molecule has 0 radical (unpaired) electrons. The van der Waals surface area contributed by atoms with Crippen LogP contribution in [0.5, 0.6) is 0 Å². The number of alkyl halides is 2. The fraction of sp³-hybridized carbons (Fsp3) is 0.720. The average molecular weight is 530 g/mol. The van der Waals surface area contributed by atoms with Gasteiger partial charge < -0.3 is 24.4 Å². The Balaban J connectivity index is 1.18. The van der Waals surface area contributed by atoms with Crippen LogP contribution in [0.1, 0.15) is 51.0 Å². The van der Waals surface area contributed by atoms with E-state index >= 15 is 0 Å². The number of hydrogen-bond acceptors (Lipinski definition) is 7. The quantitative estimate of drug-likeness (QED) is 0.399. The Morgan fingerprint density at radius 1 is 1.19 bits per heavy atom. The highest BCUT2D eigenvalue weighted by atomic mass is 31.2. The van der Waals surface area contributed by atoms with Crippen LogP contribution in [0, 0.1) is 0 Å². The van der Waals surface area contributed by atoms with Crippen LogP contribution in [0.4, 0.5) is 8.78 Å². The van der Waals surface area contributed by atoms with Crippen LogP contribution in [-0.4, -0.2) is 80.2 Å². The van der Waals surface area contributed by atoms with Crippen LogP contribution < -0.4 is 10.6 Å². The highest BCUT2D eigenvalue weighted by molar-refractivity contribution is 7.55. The van der Waals surface area contributed by atoms with Gasteiger partial charge >= 0.3 is 13.3 Å². The van der Waals surface area contributed by atoms with Crippen LogP contribution in [0.25, 0.3) is 0 Å². The minimum absolute atomic E-state index is 0.00222. The molecule has 2 heterocycles. The highest BCUT2D eigenvalue weighted by Crippen LogP contribution is 2.61. The van der Waals surface area contributed by atoms with E-state index in [2.05, 4.69) is 34.9 Å². The van der Waals surface area contributed by atoms with Crippen LogP contribution >= 0.6 is 7.60 Å². The van der Waals surface area contributed by atoms with Crippen molar-refractivity contribution in [2.75, 3.05) is 46.0 Å². The largest absolute Gasteiger partial charge is 0.401 e. The molecular formula is C25H38F2N3O5P. The Morgan fingerprint density at radius 3 is 2.50 bits per heavy atom. The van der Waals surface area contributed by atoms with Gasteiger partial charge in [0.25, 0.3) is 0 Å². The number of nitrogens with one attached hydrogen (secondary N) is 2. The van der Waals surface area contributed by atoms with Gasteiger partial charge in [0.15, 0.2) is 0 Å². The van der Waals surface area contributed by atoms with Crippen molar-refractivity contribution in [3.63, 3.8) is 0 Å². The van der Waals surface area contributed by atoms with Gasteiger partial charge in [-0.25, -0.2) is 0 Å². The van der Waals surface area contributed by atoms with Crippen molar-refractivity contribution in [3.8, 4) is 0 Å². The lowest BCUT2D eigenvalue weighted by Crippen LogP contribution is -2.49. The molecule has 202 valence electrons. The number of likely N-dealkylation sites (tertiary alicyclic amines) is 1. The molecule has 1 aromatic rings. The third-order valence-corrected chi connectivity index (χ3v) is 9.46. The molecule has 1 aliphatic carbocycles. The van der Waals surface area contributed by atoms with Gasteiger partial charge in [0.1, 0.15) is 0 Å². The van der Waals surface area contributed by atoms with Crippen LogP contribution in [0.15, 0.2) is 30.3 Å². The number of ether oxygens (including phenoxy) is 1. The summed E-state index contributed by atoms with van der Waals surface area (Å²) in [4.78, 5) is 14.3. The highest BCUT2D eigenvalue weighted by Gasteiger charge is 2.53. The van der Waals surface area contributed by atoms with Crippen LogP contribution in [-0.2, 0) is 23.1 Å². The monoisotopic (exact) mass is 529 g/mol. The molecule has 4 rings (SSSR count). The Hall–Kier alpha value is -1.42. The first-order chi connectivity index (χ1) is 17.2. The van der Waals surface area contributed by atoms with Gasteiger partial charge in [-0.2, -0.15) is 8.78 Å². The van der Waals surface area contributed by atoms with Crippen LogP contribution in [0.3, 0.4) is 0 Å². The van der Waals surface area contributed by atoms with Crippen LogP contribution in [0.2, 0.25) is 0 Å². The van der Waals surface area contributed by atoms with Crippen molar-refractivity contribution in [3.05, 3.63) is 35.9 Å². The first-order valence-corrected chi connectivity index (χ1v) is 14.4. The van der Waals surface area contributed by atoms with Gasteiger partial charge in [-0.05, 0) is 45.1 Å². The van der Waals surface area contributed by atoms with E-state index in [9.17, 15) is 18.1 Å². The SMILES string of the molecule is CCOP(=O)(OCC)C(F)(F)CNC(=O)CN1CCC2(CC1)CC(N[C@@H]1C[C@H]1c1ccccc1)CO2. The summed E-state index contributed by atoms with van der Waals surface area (Å²) >= 11 is 0. The Bertz CT molecular complexity index is 920. The van der Waals surface area contributed by atoms with E-state index in [0.29, 0.717) is 37.7 Å². The molecule has 0 bridgehead atoms. The molecule has 1 amide bonds. The van der Waals surface area contributed by atoms with E-state index < -0.39 is 25.7 Å². The molecule has 36 heavy (non-hydrogen) atoms. The first kappa shape index (κ1) is 27.6. The number of piperidine rings is 1. The lowest BCUT2D eigenvalue weighted by Gasteiger charge is -2.38. The average Bonchev–Trinajstić information content (AvgIpc) is 3.52. The molecule has 2 N–H and O–H groups in total. The molecule has 1 aromatic carbocycles. The van der Waals surface area contributed by atoms with Gasteiger partial charge in [0, 0.05) is 31.1 Å². The summed E-state index contributed by atoms with van der Waals surface area (Å²) < 4.78 is 57.1. The fourth-order valence-corrected chi connectivity index (χ4v) is 6.70. The number of benzene rings is 1. The van der Waals surface area contributed by atoms with Gasteiger partial charge in [-0.1, -0.05) is 30.3 Å². The molecule has 11 heteroatoms. The van der Waals surface area contributed by atoms with Crippen molar-refractivity contribution in [1.82, 2.24) is 15.5 Å². The van der Waals surface area contributed by atoms with E-state index in [-0.39, 0.29) is 25.4 Å². The zero-order chi connectivity index (χ0) is 25.8. The number of amides is 1. The molecule has 3 atom stereocenters. The lowest BCUT2D eigenvalue weighted by molar-refractivity contribution is -0.124. The molecular weight excluding hydrogens is 491 g/mol. The molecule has 2 saturated heterocycles. The minimum Gasteiger partial charge on any atom is -0.373 e. The van der Waals surface area contributed by atoms with E-state index in [1.165, 1.54) is 19.4 Å². The summed E-state index contributed by atoms with van der Waals surface area (Å²) in [5.41, 5.74) is -2.61. The summed E-state index contributed by atoms with van der Waals surface area (Å²) in [7, 11) is -4.66. The van der Waals surface area contributed by atoms with E-state index in [0.717, 1.165) is 25.7 Å². The zero-order valence-corrected chi connectivity index (χ0v) is 22.0. The van der Waals surface area contributed by atoms with E-state index in [4.69, 9.17) is 13.8 Å². The minimum atomic E-state index is -4.66. The van der Waals surface area contributed by atoms with E-state index in [1.54, 1.807) is 0 Å². The van der Waals surface area contributed by atoms with E-state index in [1.807, 2.05) is 11.0 Å². The van der Waals surface area contributed by atoms with Gasteiger partial charge in [-0.3, -0.25) is 14.3 Å². The summed E-state index contributed by atoms with van der Waals surface area (Å²) in [6.45, 7) is 3.47. The summed E-state index contributed by atoms with van der Waals surface area (Å²) in [6.07, 6.45) is 3.69. The molecule has 2 aliphatic heterocycles. The van der Waals surface area contributed by atoms with Crippen molar-refractivity contribution >= 4 is 13.5 Å². The summed E-state index contributed by atoms with van der Waals surface area (Å²) in [5.74, 6) is 0.0317. The Morgan fingerprint density at radius 2 is 1.86 bits per heavy atom. The van der Waals surface area contributed by atoms with Crippen molar-refractivity contribution in [2.24, 2.45) is 0 Å². The second-order valence-corrected chi connectivity index (χ2v) is 12.1. The second kappa shape index (κ2) is 11.5. The number of rotatable bonds is 12. The molecule has 0 aromatic heterocycles. The maximum Gasteiger partial charge on any atom is 0.401 e. The predicted molar refractivity (Wildman–Crippen MR) is 132 cm³/mol. The number of halogens is 2. The molecule has 8 nitrogen and oxygen atoms in total. The van der Waals surface area contributed by atoms with Crippen molar-refractivity contribution < 1.29 is 31.9 Å². The smallest absolute Gasteiger partial charge is 0.373 e. The lowest BCUT2D eigenvalue weighted by atomic mass is 9.87. The number of carbonyl (C=O) groups excluding carboxylic acids is 1. The maximum atomic E-state index is 14.5. The standard InChI is InChI=1S/C25H38F2N3O5P/c1-3-34-36(32,35-4-2)25(26,27)18-28-23(31)16-30-12-10-24(11-13-30)15-20(17-33-24)29-22-14-21(22)19-8-6-5-7-9-19/h5-9,20-22,29H,3-4,10-18H2,1-2H3,(H,28,31)/t20?,21-,22+/m0/s1. The number of nitrogens with zero attached hydrogens (tertiary/aromatic N) is 1. The van der Waals surface area contributed by atoms with Gasteiger partial charge in [0.2, 0.25) is 5.91 Å². The molecule has 1 saturated carbocycles. The normalized spacial score (nSPS) is 26.3.